The molecule has 22 heavy (non-hydrogen) atoms. The van der Waals surface area contributed by atoms with Crippen LogP contribution in [0.25, 0.3) is 0 Å². The smallest absolute Gasteiger partial charge is 0.193 e. The second-order valence-electron chi connectivity index (χ2n) is 6.12. The number of piperidine rings is 1. The van der Waals surface area contributed by atoms with Crippen molar-refractivity contribution in [1.82, 2.24) is 10.2 Å². The van der Waals surface area contributed by atoms with Crippen molar-refractivity contribution in [2.24, 2.45) is 10.9 Å². The van der Waals surface area contributed by atoms with Crippen molar-refractivity contribution in [2.45, 2.75) is 25.9 Å². The fourth-order valence-corrected chi connectivity index (χ4v) is 3.08. The van der Waals surface area contributed by atoms with Crippen LogP contribution < -0.4 is 14.8 Å². The van der Waals surface area contributed by atoms with Gasteiger partial charge in [-0.25, -0.2) is 0 Å². The van der Waals surface area contributed by atoms with Gasteiger partial charge in [0.2, 0.25) is 0 Å². The third-order valence-corrected chi connectivity index (χ3v) is 4.22. The minimum absolute atomic E-state index is 0.00821. The molecule has 5 nitrogen and oxygen atoms in total. The number of rotatable bonds is 2. The lowest BCUT2D eigenvalue weighted by Crippen LogP contribution is -2.49. The maximum Gasteiger partial charge on any atom is 0.193 e. The second-order valence-corrected chi connectivity index (χ2v) is 6.12. The van der Waals surface area contributed by atoms with E-state index in [1.54, 1.807) is 0 Å². The Hall–Kier alpha value is -1.91. The molecular weight excluding hydrogens is 278 g/mol. The number of nitrogens with one attached hydrogen (secondary N) is 1. The van der Waals surface area contributed by atoms with E-state index in [4.69, 9.17) is 9.47 Å². The van der Waals surface area contributed by atoms with Gasteiger partial charge in [0.15, 0.2) is 17.5 Å². The van der Waals surface area contributed by atoms with Crippen LogP contribution in [0.4, 0.5) is 0 Å². The molecule has 0 saturated carbocycles. The van der Waals surface area contributed by atoms with E-state index in [0.717, 1.165) is 36.5 Å². The van der Waals surface area contributed by atoms with Crippen LogP contribution in [0, 0.1) is 5.92 Å². The molecule has 1 saturated heterocycles. The van der Waals surface area contributed by atoms with E-state index in [9.17, 15) is 0 Å². The molecule has 0 spiro atoms. The molecule has 0 aliphatic carbocycles. The van der Waals surface area contributed by atoms with Gasteiger partial charge in [-0.3, -0.25) is 4.99 Å². The van der Waals surface area contributed by atoms with Crippen molar-refractivity contribution < 1.29 is 9.47 Å². The van der Waals surface area contributed by atoms with Gasteiger partial charge in [0.25, 0.3) is 0 Å². The molecule has 0 bridgehead atoms. The molecule has 5 heteroatoms. The van der Waals surface area contributed by atoms with Crippen LogP contribution in [0.5, 0.6) is 11.5 Å². The van der Waals surface area contributed by atoms with Crippen LogP contribution in [0.15, 0.2) is 29.3 Å². The quantitative estimate of drug-likeness (QED) is 0.671. The first kappa shape index (κ1) is 15.0. The van der Waals surface area contributed by atoms with E-state index in [1.165, 1.54) is 12.8 Å². The summed E-state index contributed by atoms with van der Waals surface area (Å²) in [5, 5.41) is 3.43. The highest BCUT2D eigenvalue weighted by Gasteiger charge is 2.23. The number of benzene rings is 1. The van der Waals surface area contributed by atoms with E-state index in [2.05, 4.69) is 22.1 Å². The number of nitrogens with zero attached hydrogens (tertiary/aromatic N) is 2. The summed E-state index contributed by atoms with van der Waals surface area (Å²) in [7, 11) is 1.84. The lowest BCUT2D eigenvalue weighted by atomic mass is 10.0. The molecule has 2 heterocycles. The number of fused-ring (bicyclic) bond motifs is 1. The van der Waals surface area contributed by atoms with Gasteiger partial charge in [0.1, 0.15) is 12.7 Å². The summed E-state index contributed by atoms with van der Waals surface area (Å²) in [6.07, 6.45) is 2.55. The summed E-state index contributed by atoms with van der Waals surface area (Å²) in [4.78, 5) is 6.75. The van der Waals surface area contributed by atoms with Crippen LogP contribution in [-0.2, 0) is 0 Å². The Labute approximate surface area is 132 Å². The first-order valence-electron chi connectivity index (χ1n) is 8.10. The number of para-hydroxylation sites is 2. The molecule has 1 N–H and O–H groups in total. The summed E-state index contributed by atoms with van der Waals surface area (Å²) in [5.74, 6) is 3.34. The van der Waals surface area contributed by atoms with Gasteiger partial charge in [-0.05, 0) is 30.9 Å². The SMILES string of the molecule is CN=C(NCC1COc2ccccc2O1)N1CCCC(C)C1. The van der Waals surface area contributed by atoms with Crippen LogP contribution in [0.1, 0.15) is 19.8 Å². The van der Waals surface area contributed by atoms with Crippen molar-refractivity contribution in [3.8, 4) is 11.5 Å². The standard InChI is InChI=1S/C17H25N3O2/c1-13-6-5-9-20(11-13)17(18-2)19-10-14-12-21-15-7-3-4-8-16(15)22-14/h3-4,7-8,13-14H,5-6,9-12H2,1-2H3,(H,18,19). The Kier molecular flexibility index (Phi) is 4.71. The lowest BCUT2D eigenvalue weighted by Gasteiger charge is -2.34. The molecule has 2 atom stereocenters. The molecule has 0 amide bonds. The summed E-state index contributed by atoms with van der Waals surface area (Å²) in [6, 6.07) is 7.81. The van der Waals surface area contributed by atoms with Crippen molar-refractivity contribution in [1.29, 1.82) is 0 Å². The van der Waals surface area contributed by atoms with Crippen molar-refractivity contribution in [3.05, 3.63) is 24.3 Å². The van der Waals surface area contributed by atoms with Gasteiger partial charge in [0.05, 0.1) is 6.54 Å². The largest absolute Gasteiger partial charge is 0.486 e. The van der Waals surface area contributed by atoms with Gasteiger partial charge in [-0.15, -0.1) is 0 Å². The maximum atomic E-state index is 5.97. The first-order chi connectivity index (χ1) is 10.8. The highest BCUT2D eigenvalue weighted by Crippen LogP contribution is 2.30. The number of guanidine groups is 1. The van der Waals surface area contributed by atoms with Gasteiger partial charge in [0, 0.05) is 20.1 Å². The van der Waals surface area contributed by atoms with Crippen LogP contribution in [0.2, 0.25) is 0 Å². The van der Waals surface area contributed by atoms with Gasteiger partial charge < -0.3 is 19.7 Å². The zero-order valence-corrected chi connectivity index (χ0v) is 13.4. The molecule has 3 rings (SSSR count). The Morgan fingerprint density at radius 1 is 1.36 bits per heavy atom. The molecule has 2 aliphatic heterocycles. The minimum Gasteiger partial charge on any atom is -0.486 e. The monoisotopic (exact) mass is 303 g/mol. The summed E-state index contributed by atoms with van der Waals surface area (Å²) in [5.41, 5.74) is 0. The van der Waals surface area contributed by atoms with Crippen molar-refractivity contribution in [3.63, 3.8) is 0 Å². The highest BCUT2D eigenvalue weighted by molar-refractivity contribution is 5.80. The summed E-state index contributed by atoms with van der Waals surface area (Å²) < 4.78 is 11.7. The minimum atomic E-state index is 0.00821. The molecule has 1 aromatic rings. The van der Waals surface area contributed by atoms with Gasteiger partial charge >= 0.3 is 0 Å². The first-order valence-corrected chi connectivity index (χ1v) is 8.10. The Balaban J connectivity index is 1.53. The number of hydrogen-bond acceptors (Lipinski definition) is 3. The maximum absolute atomic E-state index is 5.97. The molecule has 1 aromatic carbocycles. The third kappa shape index (κ3) is 3.46. The summed E-state index contributed by atoms with van der Waals surface area (Å²) >= 11 is 0. The average Bonchev–Trinajstić information content (AvgIpc) is 2.55. The Bertz CT molecular complexity index is 532. The van der Waals surface area contributed by atoms with Crippen LogP contribution in [0.3, 0.4) is 0 Å². The molecule has 2 aliphatic rings. The zero-order chi connectivity index (χ0) is 15.4. The van der Waals surface area contributed by atoms with Crippen molar-refractivity contribution >= 4 is 5.96 Å². The Morgan fingerprint density at radius 3 is 2.95 bits per heavy atom. The predicted octanol–water partition coefficient (Wildman–Crippen LogP) is 2.13. The Morgan fingerprint density at radius 2 is 2.18 bits per heavy atom. The fourth-order valence-electron chi connectivity index (χ4n) is 3.08. The molecule has 120 valence electrons. The van der Waals surface area contributed by atoms with Crippen molar-refractivity contribution in [2.75, 3.05) is 33.3 Å². The van der Waals surface area contributed by atoms with Gasteiger partial charge in [-0.2, -0.15) is 0 Å². The predicted molar refractivity (Wildman–Crippen MR) is 87.7 cm³/mol. The molecule has 0 radical (unpaired) electrons. The van der Waals surface area contributed by atoms with E-state index in [0.29, 0.717) is 13.2 Å². The topological polar surface area (TPSA) is 46.1 Å². The molecule has 0 aromatic heterocycles. The number of likely N-dealkylation sites (tertiary alicyclic amines) is 1. The van der Waals surface area contributed by atoms with E-state index >= 15 is 0 Å². The highest BCUT2D eigenvalue weighted by atomic mass is 16.6. The van der Waals surface area contributed by atoms with Crippen LogP contribution in [-0.4, -0.2) is 50.3 Å². The van der Waals surface area contributed by atoms with E-state index in [1.807, 2.05) is 31.3 Å². The summed E-state index contributed by atoms with van der Waals surface area (Å²) in [6.45, 7) is 5.72. The lowest BCUT2D eigenvalue weighted by molar-refractivity contribution is 0.0928. The average molecular weight is 303 g/mol. The normalized spacial score (nSPS) is 25.0. The van der Waals surface area contributed by atoms with Gasteiger partial charge in [-0.1, -0.05) is 19.1 Å². The number of ether oxygens (including phenoxy) is 2. The number of aliphatic imine (C=N–C) groups is 1. The fraction of sp³-hybridized carbons (Fsp3) is 0.588. The van der Waals surface area contributed by atoms with E-state index < -0.39 is 0 Å². The number of hydrogen-bond donors (Lipinski definition) is 1. The zero-order valence-electron chi connectivity index (χ0n) is 13.4. The molecule has 1 fully saturated rings. The van der Waals surface area contributed by atoms with E-state index in [-0.39, 0.29) is 6.10 Å². The third-order valence-electron chi connectivity index (χ3n) is 4.22. The molecule has 2 unspecified atom stereocenters. The molecular formula is C17H25N3O2. The van der Waals surface area contributed by atoms with Crippen LogP contribution >= 0.6 is 0 Å². The second kappa shape index (κ2) is 6.90.